The zero-order valence-electron chi connectivity index (χ0n) is 21.5. The number of alkyl halides is 6. The molecule has 0 unspecified atom stereocenters. The van der Waals surface area contributed by atoms with Crippen molar-refractivity contribution in [3.63, 3.8) is 0 Å². The normalized spacial score (nSPS) is 13.3. The van der Waals surface area contributed by atoms with Crippen LogP contribution in [0.25, 0.3) is 22.5 Å². The molecule has 4 aromatic rings. The van der Waals surface area contributed by atoms with Crippen LogP contribution in [-0.4, -0.2) is 49.0 Å². The second kappa shape index (κ2) is 12.8. The Hall–Kier alpha value is -4.54. The molecule has 1 saturated heterocycles. The fourth-order valence-corrected chi connectivity index (χ4v) is 4.61. The first-order valence-electron chi connectivity index (χ1n) is 12.0. The summed E-state index contributed by atoms with van der Waals surface area (Å²) in [4.78, 5) is 27.6. The van der Waals surface area contributed by atoms with Gasteiger partial charge in [0, 0.05) is 35.8 Å². The summed E-state index contributed by atoms with van der Waals surface area (Å²) in [6.45, 7) is 0.471. The van der Waals surface area contributed by atoms with Gasteiger partial charge in [-0.1, -0.05) is 0 Å². The number of halogens is 8. The molecule has 8 nitrogen and oxygen atoms in total. The first kappa shape index (κ1) is 31.4. The molecule has 3 N–H and O–H groups in total. The van der Waals surface area contributed by atoms with E-state index in [1.807, 2.05) is 0 Å². The van der Waals surface area contributed by atoms with Crippen molar-refractivity contribution in [2.45, 2.75) is 12.4 Å². The van der Waals surface area contributed by atoms with Crippen LogP contribution in [-0.2, 0) is 12.4 Å². The summed E-state index contributed by atoms with van der Waals surface area (Å²) in [5.74, 6) is -0.173. The number of amides is 2. The van der Waals surface area contributed by atoms with Crippen molar-refractivity contribution in [3.05, 3.63) is 84.2 Å². The number of rotatable bonds is 3. The molecule has 4 aromatic heterocycles. The molecule has 0 radical (unpaired) electrons. The molecule has 0 saturated carbocycles. The van der Waals surface area contributed by atoms with Crippen LogP contribution in [0.4, 0.5) is 51.3 Å². The summed E-state index contributed by atoms with van der Waals surface area (Å²) in [7, 11) is 0. The fourth-order valence-electron chi connectivity index (χ4n) is 3.67. The molecule has 43 heavy (non-hydrogen) atoms. The average Bonchev–Trinajstić information content (AvgIpc) is 3.48. The van der Waals surface area contributed by atoms with Crippen LogP contribution in [0.5, 0.6) is 0 Å². The topological polar surface area (TPSA) is 110 Å². The molecule has 1 aliphatic heterocycles. The van der Waals surface area contributed by atoms with E-state index in [9.17, 15) is 39.9 Å². The highest BCUT2D eigenvalue weighted by Gasteiger charge is 2.37. The number of hydrogen-bond donors (Lipinski definition) is 2. The highest BCUT2D eigenvalue weighted by Crippen LogP contribution is 2.36. The first-order chi connectivity index (χ1) is 20.2. The highest BCUT2D eigenvalue weighted by molar-refractivity contribution is 7.99. The number of nitrogens with zero attached hydrogens (tertiary/aromatic N) is 5. The zero-order chi connectivity index (χ0) is 31.4. The van der Waals surface area contributed by atoms with E-state index in [1.165, 1.54) is 41.2 Å². The van der Waals surface area contributed by atoms with E-state index in [0.717, 1.165) is 42.4 Å². The number of urea groups is 1. The quantitative estimate of drug-likeness (QED) is 0.242. The van der Waals surface area contributed by atoms with E-state index in [-0.39, 0.29) is 22.5 Å². The van der Waals surface area contributed by atoms with E-state index >= 15 is 0 Å². The van der Waals surface area contributed by atoms with Crippen molar-refractivity contribution in [1.29, 1.82) is 0 Å². The van der Waals surface area contributed by atoms with Gasteiger partial charge in [0.1, 0.15) is 11.6 Å². The zero-order valence-corrected chi connectivity index (χ0v) is 22.4. The molecule has 1 aliphatic rings. The number of anilines is 2. The van der Waals surface area contributed by atoms with Crippen LogP contribution in [0.2, 0.25) is 0 Å². The number of nitrogens with one attached hydrogen (secondary N) is 1. The largest absolute Gasteiger partial charge is 0.435 e. The van der Waals surface area contributed by atoms with Gasteiger partial charge in [-0.05, 0) is 36.4 Å². The lowest BCUT2D eigenvalue weighted by atomic mass is 10.1. The molecule has 17 heteroatoms. The molecule has 0 spiro atoms. The van der Waals surface area contributed by atoms with Crippen LogP contribution >= 0.6 is 11.8 Å². The van der Waals surface area contributed by atoms with E-state index in [4.69, 9.17) is 5.73 Å². The third-order valence-electron chi connectivity index (χ3n) is 5.64. The van der Waals surface area contributed by atoms with Crippen molar-refractivity contribution < 1.29 is 39.9 Å². The van der Waals surface area contributed by atoms with Crippen LogP contribution in [0.15, 0.2) is 61.2 Å². The summed E-state index contributed by atoms with van der Waals surface area (Å²) in [6, 6.07) is 6.22. The number of aromatic nitrogens is 4. The van der Waals surface area contributed by atoms with Crippen molar-refractivity contribution in [2.24, 2.45) is 0 Å². The molecular formula is C26H19F8N7OS. The lowest BCUT2D eigenvalue weighted by molar-refractivity contribution is -0.141. The van der Waals surface area contributed by atoms with E-state index in [2.05, 4.69) is 25.3 Å². The third-order valence-corrected chi connectivity index (χ3v) is 6.61. The number of thioether (sulfide) groups is 1. The maximum atomic E-state index is 13.3. The Balaban J connectivity index is 0.000000208. The van der Waals surface area contributed by atoms with Crippen molar-refractivity contribution in [1.82, 2.24) is 24.8 Å². The van der Waals surface area contributed by atoms with Gasteiger partial charge in [0.2, 0.25) is 0 Å². The lowest BCUT2D eigenvalue weighted by Crippen LogP contribution is -2.33. The Kier molecular flexibility index (Phi) is 9.32. The van der Waals surface area contributed by atoms with Gasteiger partial charge in [-0.3, -0.25) is 9.97 Å². The number of pyridine rings is 4. The molecule has 0 aliphatic carbocycles. The molecule has 0 aromatic carbocycles. The average molecular weight is 630 g/mol. The van der Waals surface area contributed by atoms with Gasteiger partial charge in [-0.2, -0.15) is 26.3 Å². The number of carbonyl (C=O) groups excluding carboxylic acids is 1. The summed E-state index contributed by atoms with van der Waals surface area (Å²) in [6.07, 6.45) is -5.10. The molecular weight excluding hydrogens is 610 g/mol. The van der Waals surface area contributed by atoms with Crippen LogP contribution in [0, 0.1) is 11.6 Å². The highest BCUT2D eigenvalue weighted by atomic mass is 32.2. The predicted octanol–water partition coefficient (Wildman–Crippen LogP) is 6.72. The monoisotopic (exact) mass is 629 g/mol. The second-order valence-corrected chi connectivity index (χ2v) is 9.81. The SMILES string of the molecule is Nc1ccc(-c2cncc(F)c2)nc1C(F)(F)F.O=C(Nc1ccc(-c2cncc(F)c2)nc1C(F)(F)F)N1CCSC1. The Morgan fingerprint density at radius 3 is 1.84 bits per heavy atom. The van der Waals surface area contributed by atoms with Gasteiger partial charge in [0.25, 0.3) is 0 Å². The molecule has 5 heterocycles. The Labute approximate surface area is 242 Å². The minimum atomic E-state index is -4.78. The predicted molar refractivity (Wildman–Crippen MR) is 142 cm³/mol. The van der Waals surface area contributed by atoms with Crippen LogP contribution < -0.4 is 11.1 Å². The number of nitrogen functional groups attached to an aromatic ring is 1. The van der Waals surface area contributed by atoms with E-state index in [1.54, 1.807) is 0 Å². The van der Waals surface area contributed by atoms with Gasteiger partial charge in [0.15, 0.2) is 11.4 Å². The van der Waals surface area contributed by atoms with Crippen molar-refractivity contribution in [2.75, 3.05) is 29.2 Å². The van der Waals surface area contributed by atoms with Gasteiger partial charge in [0.05, 0.1) is 41.0 Å². The van der Waals surface area contributed by atoms with Gasteiger partial charge < -0.3 is 16.0 Å². The van der Waals surface area contributed by atoms with Crippen LogP contribution in [0.3, 0.4) is 0 Å². The van der Waals surface area contributed by atoms with Gasteiger partial charge >= 0.3 is 18.4 Å². The smallest absolute Gasteiger partial charge is 0.397 e. The Morgan fingerprint density at radius 1 is 0.814 bits per heavy atom. The minimum absolute atomic E-state index is 0.0384. The standard InChI is InChI=1S/C15H12F4N4OS.C11H7F4N3/c16-10-5-9(6-20-7-10)11-1-2-12(13(21-11)15(17,18)19)22-14(24)23-3-4-25-8-23;12-7-3-6(4-17-5-7)9-2-1-8(16)10(18-9)11(13,14)15/h1-2,5-7H,3-4,8H2,(H,22,24);1-5H,16H2. The Morgan fingerprint density at radius 2 is 1.35 bits per heavy atom. The first-order valence-corrected chi connectivity index (χ1v) is 13.2. The molecule has 1 fully saturated rings. The summed E-state index contributed by atoms with van der Waals surface area (Å²) in [5, 5.41) is 2.25. The number of carbonyl (C=O) groups is 1. The maximum absolute atomic E-state index is 13.3. The van der Waals surface area contributed by atoms with E-state index < -0.39 is 52.8 Å². The maximum Gasteiger partial charge on any atom is 0.435 e. The summed E-state index contributed by atoms with van der Waals surface area (Å²) < 4.78 is 104. The molecule has 0 atom stereocenters. The van der Waals surface area contributed by atoms with Crippen LogP contribution in [0.1, 0.15) is 11.4 Å². The summed E-state index contributed by atoms with van der Waals surface area (Å²) >= 11 is 1.52. The van der Waals surface area contributed by atoms with Gasteiger partial charge in [-0.15, -0.1) is 11.8 Å². The minimum Gasteiger partial charge on any atom is -0.397 e. The Bertz CT molecular complexity index is 1610. The molecule has 226 valence electrons. The van der Waals surface area contributed by atoms with Gasteiger partial charge in [-0.25, -0.2) is 23.5 Å². The van der Waals surface area contributed by atoms with Crippen molar-refractivity contribution >= 4 is 29.2 Å². The lowest BCUT2D eigenvalue weighted by Gasteiger charge is -2.18. The molecule has 2 amide bonds. The number of hydrogen-bond acceptors (Lipinski definition) is 7. The molecule has 0 bridgehead atoms. The summed E-state index contributed by atoms with van der Waals surface area (Å²) in [5.41, 5.74) is 2.00. The fraction of sp³-hybridized carbons (Fsp3) is 0.192. The second-order valence-electron chi connectivity index (χ2n) is 8.74. The third kappa shape index (κ3) is 8.06. The number of nitrogens with two attached hydrogens (primary N) is 1. The van der Waals surface area contributed by atoms with E-state index in [0.29, 0.717) is 12.4 Å². The molecule has 5 rings (SSSR count). The van der Waals surface area contributed by atoms with Crippen molar-refractivity contribution in [3.8, 4) is 22.5 Å².